The molecule has 0 aliphatic rings. The van der Waals surface area contributed by atoms with Gasteiger partial charge in [0, 0.05) is 0 Å². The van der Waals surface area contributed by atoms with Gasteiger partial charge in [0.1, 0.15) is 6.61 Å². The van der Waals surface area contributed by atoms with Crippen LogP contribution in [0.15, 0.2) is 53.7 Å². The number of rotatable bonds is 9. The van der Waals surface area contributed by atoms with Gasteiger partial charge in [0.15, 0.2) is 11.5 Å². The molecular formula is C19H21N5O3S. The van der Waals surface area contributed by atoms with Gasteiger partial charge in [-0.15, -0.1) is 5.10 Å². The van der Waals surface area contributed by atoms with E-state index in [-0.39, 0.29) is 11.7 Å². The number of ether oxygens (including phenoxy) is 2. The van der Waals surface area contributed by atoms with Crippen LogP contribution in [0.25, 0.3) is 5.69 Å². The number of para-hydroxylation sites is 2. The van der Waals surface area contributed by atoms with E-state index in [1.807, 2.05) is 55.5 Å². The third-order valence-electron chi connectivity index (χ3n) is 3.80. The van der Waals surface area contributed by atoms with E-state index >= 15 is 0 Å². The maximum absolute atomic E-state index is 12.1. The molecule has 1 amide bonds. The maximum atomic E-state index is 12.1. The molecule has 146 valence electrons. The molecule has 2 aromatic carbocycles. The zero-order chi connectivity index (χ0) is 19.8. The number of tetrazole rings is 1. The Labute approximate surface area is 167 Å². The van der Waals surface area contributed by atoms with Crippen molar-refractivity contribution in [3.8, 4) is 17.2 Å². The van der Waals surface area contributed by atoms with E-state index in [0.29, 0.717) is 29.8 Å². The Kier molecular flexibility index (Phi) is 6.85. The molecule has 0 fully saturated rings. The molecule has 0 aliphatic carbocycles. The fourth-order valence-corrected chi connectivity index (χ4v) is 3.11. The van der Waals surface area contributed by atoms with Gasteiger partial charge < -0.3 is 14.8 Å². The van der Waals surface area contributed by atoms with Gasteiger partial charge in [-0.2, -0.15) is 4.68 Å². The van der Waals surface area contributed by atoms with Gasteiger partial charge in [0.05, 0.1) is 25.1 Å². The third-order valence-corrected chi connectivity index (χ3v) is 4.72. The Bertz CT molecular complexity index is 914. The van der Waals surface area contributed by atoms with Crippen LogP contribution in [0.1, 0.15) is 5.56 Å². The van der Waals surface area contributed by atoms with Crippen LogP contribution in [0.2, 0.25) is 0 Å². The van der Waals surface area contributed by atoms with Crippen LogP contribution in [0.4, 0.5) is 0 Å². The lowest BCUT2D eigenvalue weighted by molar-refractivity contribution is -0.118. The Morgan fingerprint density at radius 1 is 1.14 bits per heavy atom. The lowest BCUT2D eigenvalue weighted by Gasteiger charge is -2.10. The predicted molar refractivity (Wildman–Crippen MR) is 106 cm³/mol. The van der Waals surface area contributed by atoms with Crippen LogP contribution in [0, 0.1) is 6.92 Å². The van der Waals surface area contributed by atoms with Crippen LogP contribution >= 0.6 is 11.8 Å². The minimum absolute atomic E-state index is 0.118. The van der Waals surface area contributed by atoms with Crippen molar-refractivity contribution in [3.63, 3.8) is 0 Å². The summed E-state index contributed by atoms with van der Waals surface area (Å²) in [5, 5.41) is 15.1. The Morgan fingerprint density at radius 3 is 2.64 bits per heavy atom. The predicted octanol–water partition coefficient (Wildman–Crippen LogP) is 2.27. The summed E-state index contributed by atoms with van der Waals surface area (Å²) in [7, 11) is 1.59. The molecule has 3 rings (SSSR count). The second-order valence-corrected chi connectivity index (χ2v) is 6.79. The van der Waals surface area contributed by atoms with Gasteiger partial charge in [-0.25, -0.2) is 0 Å². The number of amides is 1. The minimum Gasteiger partial charge on any atom is -0.493 e. The summed E-state index contributed by atoms with van der Waals surface area (Å²) >= 11 is 1.28. The van der Waals surface area contributed by atoms with Crippen LogP contribution in [-0.4, -0.2) is 52.1 Å². The smallest absolute Gasteiger partial charge is 0.230 e. The van der Waals surface area contributed by atoms with Gasteiger partial charge in [-0.3, -0.25) is 4.79 Å². The molecule has 0 unspecified atom stereocenters. The topological polar surface area (TPSA) is 91.2 Å². The highest BCUT2D eigenvalue weighted by molar-refractivity contribution is 7.99. The number of carbonyl (C=O) groups excluding carboxylic acids is 1. The average Bonchev–Trinajstić information content (AvgIpc) is 3.19. The number of benzene rings is 2. The van der Waals surface area contributed by atoms with Crippen molar-refractivity contribution in [1.82, 2.24) is 25.5 Å². The zero-order valence-electron chi connectivity index (χ0n) is 15.7. The van der Waals surface area contributed by atoms with Crippen molar-refractivity contribution in [3.05, 3.63) is 54.1 Å². The van der Waals surface area contributed by atoms with E-state index < -0.39 is 0 Å². The lowest BCUT2D eigenvalue weighted by Crippen LogP contribution is -2.29. The number of aromatic nitrogens is 4. The fourth-order valence-electron chi connectivity index (χ4n) is 2.39. The van der Waals surface area contributed by atoms with E-state index in [0.717, 1.165) is 11.3 Å². The van der Waals surface area contributed by atoms with Crippen LogP contribution in [0.3, 0.4) is 0 Å². The fraction of sp³-hybridized carbons (Fsp3) is 0.263. The second kappa shape index (κ2) is 9.75. The second-order valence-electron chi connectivity index (χ2n) is 5.85. The van der Waals surface area contributed by atoms with Crippen molar-refractivity contribution in [2.75, 3.05) is 26.0 Å². The van der Waals surface area contributed by atoms with Crippen molar-refractivity contribution in [2.24, 2.45) is 0 Å². The quantitative estimate of drug-likeness (QED) is 0.436. The number of thioether (sulfide) groups is 1. The highest BCUT2D eigenvalue weighted by atomic mass is 32.2. The van der Waals surface area contributed by atoms with E-state index in [4.69, 9.17) is 9.47 Å². The zero-order valence-corrected chi connectivity index (χ0v) is 16.5. The number of aryl methyl sites for hydroxylation is 1. The standard InChI is InChI=1S/C19H21N5O3S/c1-14-7-9-15(10-8-14)24-19(21-22-23-24)28-13-18(25)20-11-12-27-17-6-4-3-5-16(17)26-2/h3-10H,11-13H2,1-2H3,(H,20,25). The van der Waals surface area contributed by atoms with E-state index in [1.165, 1.54) is 11.8 Å². The van der Waals surface area contributed by atoms with E-state index in [2.05, 4.69) is 20.8 Å². The summed E-state index contributed by atoms with van der Waals surface area (Å²) in [5.41, 5.74) is 2.00. The number of hydrogen-bond acceptors (Lipinski definition) is 7. The molecule has 1 N–H and O–H groups in total. The first-order valence-electron chi connectivity index (χ1n) is 8.68. The van der Waals surface area contributed by atoms with Crippen LogP contribution in [0.5, 0.6) is 11.5 Å². The lowest BCUT2D eigenvalue weighted by atomic mass is 10.2. The molecule has 0 aliphatic heterocycles. The van der Waals surface area contributed by atoms with Gasteiger partial charge in [-0.1, -0.05) is 41.6 Å². The Morgan fingerprint density at radius 2 is 1.89 bits per heavy atom. The molecule has 0 bridgehead atoms. The summed E-state index contributed by atoms with van der Waals surface area (Å²) < 4.78 is 12.5. The van der Waals surface area contributed by atoms with Crippen molar-refractivity contribution < 1.29 is 14.3 Å². The SMILES string of the molecule is COc1ccccc1OCCNC(=O)CSc1nnnn1-c1ccc(C)cc1. The third kappa shape index (κ3) is 5.23. The summed E-state index contributed by atoms with van der Waals surface area (Å²) in [6.07, 6.45) is 0. The molecule has 0 saturated heterocycles. The summed E-state index contributed by atoms with van der Waals surface area (Å²) in [6.45, 7) is 2.75. The van der Waals surface area contributed by atoms with Crippen molar-refractivity contribution in [2.45, 2.75) is 12.1 Å². The maximum Gasteiger partial charge on any atom is 0.230 e. The van der Waals surface area contributed by atoms with Crippen LogP contribution in [-0.2, 0) is 4.79 Å². The Balaban J connectivity index is 1.44. The molecule has 1 aromatic heterocycles. The largest absolute Gasteiger partial charge is 0.493 e. The molecule has 9 heteroatoms. The number of carbonyl (C=O) groups is 1. The summed E-state index contributed by atoms with van der Waals surface area (Å²) in [5.74, 6) is 1.39. The first-order valence-corrected chi connectivity index (χ1v) is 9.66. The van der Waals surface area contributed by atoms with Crippen molar-refractivity contribution >= 4 is 17.7 Å². The highest BCUT2D eigenvalue weighted by Crippen LogP contribution is 2.25. The molecule has 0 radical (unpaired) electrons. The number of hydrogen-bond donors (Lipinski definition) is 1. The number of nitrogens with zero attached hydrogens (tertiary/aromatic N) is 4. The molecule has 28 heavy (non-hydrogen) atoms. The van der Waals surface area contributed by atoms with E-state index in [9.17, 15) is 4.79 Å². The molecular weight excluding hydrogens is 378 g/mol. The number of methoxy groups -OCH3 is 1. The average molecular weight is 399 g/mol. The first-order chi connectivity index (χ1) is 13.7. The minimum atomic E-state index is -0.118. The molecule has 0 saturated carbocycles. The van der Waals surface area contributed by atoms with Crippen LogP contribution < -0.4 is 14.8 Å². The highest BCUT2D eigenvalue weighted by Gasteiger charge is 2.11. The monoisotopic (exact) mass is 399 g/mol. The van der Waals surface area contributed by atoms with Gasteiger partial charge in [-0.05, 0) is 41.6 Å². The summed E-state index contributed by atoms with van der Waals surface area (Å²) in [6, 6.07) is 15.2. The molecule has 1 heterocycles. The molecule has 3 aromatic rings. The van der Waals surface area contributed by atoms with Crippen molar-refractivity contribution in [1.29, 1.82) is 0 Å². The molecule has 0 atom stereocenters. The molecule has 0 spiro atoms. The van der Waals surface area contributed by atoms with Gasteiger partial charge in [0.2, 0.25) is 11.1 Å². The molecule has 8 nitrogen and oxygen atoms in total. The summed E-state index contributed by atoms with van der Waals surface area (Å²) in [4.78, 5) is 12.1. The van der Waals surface area contributed by atoms with Gasteiger partial charge in [0.25, 0.3) is 0 Å². The first kappa shape index (κ1) is 19.7. The Hall–Kier alpha value is -3.07. The number of nitrogens with one attached hydrogen (secondary N) is 1. The van der Waals surface area contributed by atoms with Gasteiger partial charge >= 0.3 is 0 Å². The van der Waals surface area contributed by atoms with E-state index in [1.54, 1.807) is 11.8 Å². The normalized spacial score (nSPS) is 10.5.